The van der Waals surface area contributed by atoms with Gasteiger partial charge in [-0.2, -0.15) is 0 Å². The first-order valence-corrected chi connectivity index (χ1v) is 10.4. The van der Waals surface area contributed by atoms with Gasteiger partial charge in [-0.3, -0.25) is 14.0 Å². The van der Waals surface area contributed by atoms with E-state index in [1.54, 1.807) is 55.3 Å². The first kappa shape index (κ1) is 22.6. The summed E-state index contributed by atoms with van der Waals surface area (Å²) in [6.07, 6.45) is 3.63. The van der Waals surface area contributed by atoms with Gasteiger partial charge in [0.15, 0.2) is 11.5 Å². The number of methoxy groups -OCH3 is 2. The smallest absolute Gasteiger partial charge is 0.303 e. The van der Waals surface area contributed by atoms with E-state index in [0.29, 0.717) is 40.0 Å². The van der Waals surface area contributed by atoms with Gasteiger partial charge in [0.2, 0.25) is 5.95 Å². The minimum Gasteiger partial charge on any atom is -0.493 e. The summed E-state index contributed by atoms with van der Waals surface area (Å²) in [5.41, 5.74) is 9.02. The minimum atomic E-state index is -0.915. The van der Waals surface area contributed by atoms with Crippen molar-refractivity contribution in [1.29, 1.82) is 0 Å². The van der Waals surface area contributed by atoms with E-state index in [1.165, 1.54) is 0 Å². The van der Waals surface area contributed by atoms with Gasteiger partial charge in [0.05, 0.1) is 31.2 Å². The predicted octanol–water partition coefficient (Wildman–Crippen LogP) is 3.27. The Balaban J connectivity index is 1.75. The lowest BCUT2D eigenvalue weighted by atomic mass is 10.0. The standard InChI is InChI=1S/C24H23N5O5/c1-33-19-7-5-15(12-20(19)34-2)18-13-21-26-9-10-29(21)24(28-18)27-17-6-3-14(4-8-22(30)31)11-16(17)23(25)32/h3,5-7,9-13H,4,8H2,1-2H3,(H2,25,32)(H,27,28)(H,30,31). The summed E-state index contributed by atoms with van der Waals surface area (Å²) < 4.78 is 12.5. The monoisotopic (exact) mass is 461 g/mol. The maximum absolute atomic E-state index is 12.1. The molecule has 4 rings (SSSR count). The molecule has 0 aliphatic heterocycles. The first-order valence-electron chi connectivity index (χ1n) is 10.4. The Kier molecular flexibility index (Phi) is 6.30. The van der Waals surface area contributed by atoms with Crippen molar-refractivity contribution in [3.8, 4) is 22.8 Å². The highest BCUT2D eigenvalue weighted by atomic mass is 16.5. The van der Waals surface area contributed by atoms with Crippen LogP contribution in [0.1, 0.15) is 22.3 Å². The predicted molar refractivity (Wildman–Crippen MR) is 126 cm³/mol. The zero-order valence-electron chi connectivity index (χ0n) is 18.6. The molecule has 0 fully saturated rings. The van der Waals surface area contributed by atoms with E-state index in [9.17, 15) is 9.59 Å². The molecule has 4 N–H and O–H groups in total. The number of nitrogens with two attached hydrogens (primary N) is 1. The Bertz CT molecular complexity index is 1380. The van der Waals surface area contributed by atoms with Crippen LogP contribution in [-0.4, -0.2) is 45.6 Å². The van der Waals surface area contributed by atoms with Crippen molar-refractivity contribution in [3.05, 3.63) is 66.0 Å². The van der Waals surface area contributed by atoms with Crippen molar-refractivity contribution < 1.29 is 24.2 Å². The van der Waals surface area contributed by atoms with Crippen molar-refractivity contribution in [1.82, 2.24) is 14.4 Å². The number of fused-ring (bicyclic) bond motifs is 1. The molecule has 34 heavy (non-hydrogen) atoms. The van der Waals surface area contributed by atoms with Crippen LogP contribution in [0, 0.1) is 0 Å². The fourth-order valence-corrected chi connectivity index (χ4v) is 3.59. The molecule has 2 aromatic heterocycles. The van der Waals surface area contributed by atoms with E-state index in [-0.39, 0.29) is 18.4 Å². The van der Waals surface area contributed by atoms with Crippen molar-refractivity contribution in [3.63, 3.8) is 0 Å². The maximum atomic E-state index is 12.1. The number of amides is 1. The summed E-state index contributed by atoms with van der Waals surface area (Å²) in [6.45, 7) is 0. The number of aromatic nitrogens is 3. The van der Waals surface area contributed by atoms with Crippen LogP contribution in [0.25, 0.3) is 16.9 Å². The molecule has 2 aromatic carbocycles. The Morgan fingerprint density at radius 3 is 2.59 bits per heavy atom. The summed E-state index contributed by atoms with van der Waals surface area (Å²) in [4.78, 5) is 32.1. The summed E-state index contributed by atoms with van der Waals surface area (Å²) in [6, 6.07) is 12.3. The fourth-order valence-electron chi connectivity index (χ4n) is 3.59. The number of carboxylic acids is 1. The normalized spacial score (nSPS) is 10.8. The van der Waals surface area contributed by atoms with Crippen molar-refractivity contribution in [2.75, 3.05) is 19.5 Å². The number of carbonyl (C=O) groups is 2. The quantitative estimate of drug-likeness (QED) is 0.345. The number of hydrogen-bond donors (Lipinski definition) is 3. The van der Waals surface area contributed by atoms with Gasteiger partial charge in [0.1, 0.15) is 5.65 Å². The second-order valence-electron chi connectivity index (χ2n) is 7.45. The van der Waals surface area contributed by atoms with Crippen molar-refractivity contribution in [2.45, 2.75) is 12.8 Å². The number of rotatable bonds is 9. The largest absolute Gasteiger partial charge is 0.493 e. The van der Waals surface area contributed by atoms with Crippen LogP contribution >= 0.6 is 0 Å². The summed E-state index contributed by atoms with van der Waals surface area (Å²) in [5.74, 6) is 0.0211. The first-order chi connectivity index (χ1) is 16.4. The molecule has 0 aliphatic carbocycles. The zero-order valence-corrected chi connectivity index (χ0v) is 18.6. The summed E-state index contributed by atoms with van der Waals surface area (Å²) >= 11 is 0. The number of carboxylic acid groups (broad SMARTS) is 1. The minimum absolute atomic E-state index is 0.0461. The lowest BCUT2D eigenvalue weighted by molar-refractivity contribution is -0.136. The highest BCUT2D eigenvalue weighted by molar-refractivity contribution is 5.99. The third-order valence-corrected chi connectivity index (χ3v) is 5.29. The van der Waals surface area contributed by atoms with Crippen LogP contribution < -0.4 is 20.5 Å². The molecule has 0 unspecified atom stereocenters. The number of anilines is 2. The fraction of sp³-hybridized carbons (Fsp3) is 0.167. The Morgan fingerprint density at radius 1 is 1.09 bits per heavy atom. The summed E-state index contributed by atoms with van der Waals surface area (Å²) in [5, 5.41) is 12.1. The number of nitrogens with zero attached hydrogens (tertiary/aromatic N) is 3. The van der Waals surface area contributed by atoms with E-state index >= 15 is 0 Å². The lowest BCUT2D eigenvalue weighted by Gasteiger charge is -2.14. The average molecular weight is 461 g/mol. The number of ether oxygens (including phenoxy) is 2. The SMILES string of the molecule is COc1ccc(-c2cc3nccn3c(Nc3ccc(CCC(=O)O)cc3C(N)=O)n2)cc1OC. The van der Waals surface area contributed by atoms with E-state index in [1.807, 2.05) is 18.2 Å². The number of benzene rings is 2. The topological polar surface area (TPSA) is 141 Å². The van der Waals surface area contributed by atoms with E-state index in [2.05, 4.69) is 10.3 Å². The van der Waals surface area contributed by atoms with Gasteiger partial charge >= 0.3 is 5.97 Å². The number of aliphatic carboxylic acids is 1. The maximum Gasteiger partial charge on any atom is 0.303 e. The molecule has 10 nitrogen and oxygen atoms in total. The third kappa shape index (κ3) is 4.60. The molecule has 0 radical (unpaired) electrons. The molecule has 174 valence electrons. The molecule has 0 saturated heterocycles. The number of carbonyl (C=O) groups excluding carboxylic acids is 1. The van der Waals surface area contributed by atoms with Gasteiger partial charge in [0.25, 0.3) is 5.91 Å². The molecule has 0 saturated carbocycles. The van der Waals surface area contributed by atoms with E-state index in [4.69, 9.17) is 25.3 Å². The zero-order chi connectivity index (χ0) is 24.2. The second-order valence-corrected chi connectivity index (χ2v) is 7.45. The van der Waals surface area contributed by atoms with E-state index < -0.39 is 11.9 Å². The second kappa shape index (κ2) is 9.49. The molecule has 2 heterocycles. The number of primary amides is 1. The van der Waals surface area contributed by atoms with Crippen molar-refractivity contribution >= 4 is 29.2 Å². The van der Waals surface area contributed by atoms with Crippen LogP contribution in [-0.2, 0) is 11.2 Å². The van der Waals surface area contributed by atoms with Gasteiger partial charge in [-0.05, 0) is 42.3 Å². The number of nitrogens with one attached hydrogen (secondary N) is 1. The molecule has 10 heteroatoms. The average Bonchev–Trinajstić information content (AvgIpc) is 3.31. The molecule has 1 amide bonds. The number of imidazole rings is 1. The number of hydrogen-bond acceptors (Lipinski definition) is 7. The van der Waals surface area contributed by atoms with Gasteiger partial charge in [-0.1, -0.05) is 6.07 Å². The molecule has 4 aromatic rings. The Labute approximate surface area is 195 Å². The Morgan fingerprint density at radius 2 is 1.88 bits per heavy atom. The van der Waals surface area contributed by atoms with Gasteiger partial charge in [0, 0.05) is 30.4 Å². The van der Waals surface area contributed by atoms with Gasteiger partial charge in [-0.25, -0.2) is 9.97 Å². The van der Waals surface area contributed by atoms with Crippen molar-refractivity contribution in [2.24, 2.45) is 5.73 Å². The van der Waals surface area contributed by atoms with Crippen LogP contribution in [0.3, 0.4) is 0 Å². The van der Waals surface area contributed by atoms with E-state index in [0.717, 1.165) is 5.56 Å². The molecule has 0 spiro atoms. The van der Waals surface area contributed by atoms with Crippen LogP contribution in [0.2, 0.25) is 0 Å². The highest BCUT2D eigenvalue weighted by Gasteiger charge is 2.15. The van der Waals surface area contributed by atoms with Crippen LogP contribution in [0.15, 0.2) is 54.9 Å². The lowest BCUT2D eigenvalue weighted by Crippen LogP contribution is -2.15. The number of aryl methyl sites for hydroxylation is 1. The molecule has 0 atom stereocenters. The Hall–Kier alpha value is -4.60. The third-order valence-electron chi connectivity index (χ3n) is 5.29. The molecular weight excluding hydrogens is 438 g/mol. The van der Waals surface area contributed by atoms with Crippen LogP contribution in [0.5, 0.6) is 11.5 Å². The molecule has 0 aliphatic rings. The molecule has 0 bridgehead atoms. The van der Waals surface area contributed by atoms with Gasteiger partial charge < -0.3 is 25.6 Å². The van der Waals surface area contributed by atoms with Crippen LogP contribution in [0.4, 0.5) is 11.6 Å². The highest BCUT2D eigenvalue weighted by Crippen LogP contribution is 2.33. The summed E-state index contributed by atoms with van der Waals surface area (Å²) in [7, 11) is 3.13. The molecular formula is C24H23N5O5. The van der Waals surface area contributed by atoms with Gasteiger partial charge in [-0.15, -0.1) is 0 Å².